The summed E-state index contributed by atoms with van der Waals surface area (Å²) in [7, 11) is 0. The zero-order chi connectivity index (χ0) is 24.1. The van der Waals surface area contributed by atoms with E-state index in [2.05, 4.69) is 71.7 Å². The van der Waals surface area contributed by atoms with E-state index in [9.17, 15) is 4.79 Å². The minimum Gasteiger partial charge on any atom is -0.367 e. The number of rotatable bonds is 6. The first-order valence-electron chi connectivity index (χ1n) is 13.0. The number of nitrogens with one attached hydrogen (secondary N) is 1. The van der Waals surface area contributed by atoms with Gasteiger partial charge >= 0.3 is 0 Å². The summed E-state index contributed by atoms with van der Waals surface area (Å²) in [4.78, 5) is 16.5. The second kappa shape index (κ2) is 10.8. The van der Waals surface area contributed by atoms with Crippen LogP contribution < -0.4 is 5.32 Å². The van der Waals surface area contributed by atoms with Crippen LogP contribution in [0.5, 0.6) is 0 Å². The van der Waals surface area contributed by atoms with Gasteiger partial charge < -0.3 is 15.0 Å². The molecule has 2 fully saturated rings. The van der Waals surface area contributed by atoms with Gasteiger partial charge in [-0.3, -0.25) is 4.79 Å². The molecule has 0 bridgehead atoms. The average Bonchev–Trinajstić information content (AvgIpc) is 2.91. The van der Waals surface area contributed by atoms with Crippen molar-refractivity contribution in [3.8, 4) is 0 Å². The molecule has 35 heavy (non-hydrogen) atoms. The van der Waals surface area contributed by atoms with Gasteiger partial charge in [0.2, 0.25) is 5.91 Å². The number of hydrogen-bond acceptors (Lipinski definition) is 3. The number of carbonyl (C=O) groups is 1. The number of benzene rings is 3. The highest BCUT2D eigenvalue weighted by Crippen LogP contribution is 2.44. The maximum atomic E-state index is 14.4. The van der Waals surface area contributed by atoms with Crippen molar-refractivity contribution in [3.63, 3.8) is 0 Å². The lowest BCUT2D eigenvalue weighted by Crippen LogP contribution is -2.55. The summed E-state index contributed by atoms with van der Waals surface area (Å²) < 4.78 is 6.86. The van der Waals surface area contributed by atoms with Crippen LogP contribution in [0, 0.1) is 0 Å². The van der Waals surface area contributed by atoms with Gasteiger partial charge in [0.05, 0.1) is 17.6 Å². The first-order valence-corrected chi connectivity index (χ1v) is 13.0. The number of nitrogens with zero attached hydrogens (tertiary/aromatic N) is 1. The van der Waals surface area contributed by atoms with E-state index >= 15 is 0 Å². The van der Waals surface area contributed by atoms with Crippen LogP contribution in [0.25, 0.3) is 0 Å². The van der Waals surface area contributed by atoms with Crippen molar-refractivity contribution in [2.45, 2.75) is 56.3 Å². The van der Waals surface area contributed by atoms with Gasteiger partial charge in [0.1, 0.15) is 0 Å². The Kier molecular flexibility index (Phi) is 7.31. The maximum Gasteiger partial charge on any atom is 0.234 e. The van der Waals surface area contributed by atoms with Crippen molar-refractivity contribution in [1.29, 1.82) is 0 Å². The summed E-state index contributed by atoms with van der Waals surface area (Å²) in [5.41, 5.74) is 3.12. The third-order valence-corrected chi connectivity index (χ3v) is 7.75. The second-order valence-electron chi connectivity index (χ2n) is 9.92. The van der Waals surface area contributed by atoms with Crippen LogP contribution in [0.15, 0.2) is 91.0 Å². The zero-order valence-corrected chi connectivity index (χ0v) is 20.6. The maximum absolute atomic E-state index is 14.4. The smallest absolute Gasteiger partial charge is 0.234 e. The molecule has 0 radical (unpaired) electrons. The molecule has 3 aromatic rings. The van der Waals surface area contributed by atoms with Crippen molar-refractivity contribution in [2.24, 2.45) is 0 Å². The normalized spacial score (nSPS) is 21.7. The number of ether oxygens (including phenoxy) is 1. The van der Waals surface area contributed by atoms with Gasteiger partial charge in [-0.25, -0.2) is 0 Å². The Morgan fingerprint density at radius 1 is 0.914 bits per heavy atom. The van der Waals surface area contributed by atoms with Crippen LogP contribution >= 0.6 is 0 Å². The van der Waals surface area contributed by atoms with Crippen LogP contribution in [0.3, 0.4) is 0 Å². The molecule has 3 aromatic carbocycles. The summed E-state index contributed by atoms with van der Waals surface area (Å²) in [6.45, 7) is 4.73. The number of piperidine rings is 1. The van der Waals surface area contributed by atoms with Crippen LogP contribution in [-0.2, 0) is 9.53 Å². The Morgan fingerprint density at radius 3 is 2.00 bits per heavy atom. The molecular formula is C31H36N2O2. The summed E-state index contributed by atoms with van der Waals surface area (Å²) in [6.07, 6.45) is 3.70. The SMILES string of the molecule is CCN(C(=O)C(c1ccccc1)c1ccccc1)[C@H]1C[C@H](c2ccccc2)OC2(CCNCC2)C1. The highest BCUT2D eigenvalue weighted by molar-refractivity contribution is 5.87. The molecule has 1 N–H and O–H groups in total. The van der Waals surface area contributed by atoms with Crippen molar-refractivity contribution in [1.82, 2.24) is 10.2 Å². The number of hydrogen-bond donors (Lipinski definition) is 1. The van der Waals surface area contributed by atoms with Crippen molar-refractivity contribution < 1.29 is 9.53 Å². The molecule has 4 nitrogen and oxygen atoms in total. The van der Waals surface area contributed by atoms with E-state index in [0.29, 0.717) is 6.54 Å². The molecule has 2 aliphatic heterocycles. The van der Waals surface area contributed by atoms with Crippen molar-refractivity contribution >= 4 is 5.91 Å². The fraction of sp³-hybridized carbons (Fsp3) is 0.387. The number of carbonyl (C=O) groups excluding carboxylic acids is 1. The molecule has 0 unspecified atom stereocenters. The van der Waals surface area contributed by atoms with Gasteiger partial charge in [0, 0.05) is 12.6 Å². The number of likely N-dealkylation sites (N-methyl/N-ethyl adjacent to an activating group) is 1. The summed E-state index contributed by atoms with van der Waals surface area (Å²) in [5, 5.41) is 3.49. The van der Waals surface area contributed by atoms with E-state index in [1.807, 2.05) is 36.4 Å². The molecule has 2 aliphatic rings. The van der Waals surface area contributed by atoms with E-state index in [-0.39, 0.29) is 29.6 Å². The van der Waals surface area contributed by atoms with E-state index in [0.717, 1.165) is 49.9 Å². The lowest BCUT2D eigenvalue weighted by molar-refractivity contribution is -0.171. The zero-order valence-electron chi connectivity index (χ0n) is 20.6. The Balaban J connectivity index is 1.49. The van der Waals surface area contributed by atoms with Gasteiger partial charge in [0.25, 0.3) is 0 Å². The fourth-order valence-corrected chi connectivity index (χ4v) is 6.00. The molecule has 2 atom stereocenters. The van der Waals surface area contributed by atoms with Gasteiger partial charge in [-0.1, -0.05) is 91.0 Å². The third kappa shape index (κ3) is 5.19. The largest absolute Gasteiger partial charge is 0.367 e. The summed E-state index contributed by atoms with van der Waals surface area (Å²) in [5.74, 6) is -0.118. The minimum atomic E-state index is -0.306. The molecule has 0 aliphatic carbocycles. The molecule has 1 amide bonds. The van der Waals surface area contributed by atoms with E-state index in [1.54, 1.807) is 0 Å². The van der Waals surface area contributed by atoms with Gasteiger partial charge in [0.15, 0.2) is 0 Å². The lowest BCUT2D eigenvalue weighted by atomic mass is 9.79. The molecule has 0 aromatic heterocycles. The second-order valence-corrected chi connectivity index (χ2v) is 9.92. The molecule has 182 valence electrons. The standard InChI is InChI=1S/C31H36N2O2/c1-2-33(30(34)29(25-14-8-4-9-15-25)26-16-10-5-11-17-26)27-22-28(24-12-6-3-7-13-24)35-31(23-27)18-20-32-21-19-31/h3-17,27-29,32H,2,18-23H2,1H3/t27-,28+/m0/s1. The minimum absolute atomic E-state index is 0.00167. The van der Waals surface area contributed by atoms with E-state index in [4.69, 9.17) is 4.74 Å². The fourth-order valence-electron chi connectivity index (χ4n) is 6.00. The first kappa shape index (κ1) is 23.8. The highest BCUT2D eigenvalue weighted by Gasteiger charge is 2.45. The predicted octanol–water partition coefficient (Wildman–Crippen LogP) is 5.71. The Hall–Kier alpha value is -2.95. The molecule has 2 saturated heterocycles. The Morgan fingerprint density at radius 2 is 1.46 bits per heavy atom. The van der Waals surface area contributed by atoms with Crippen molar-refractivity contribution in [3.05, 3.63) is 108 Å². The Labute approximate surface area is 209 Å². The third-order valence-electron chi connectivity index (χ3n) is 7.75. The highest BCUT2D eigenvalue weighted by atomic mass is 16.5. The number of amides is 1. The summed E-state index contributed by atoms with van der Waals surface area (Å²) >= 11 is 0. The first-order chi connectivity index (χ1) is 17.2. The molecule has 4 heteroatoms. The monoisotopic (exact) mass is 468 g/mol. The lowest BCUT2D eigenvalue weighted by Gasteiger charge is -2.50. The van der Waals surface area contributed by atoms with Crippen LogP contribution in [0.2, 0.25) is 0 Å². The van der Waals surface area contributed by atoms with Crippen molar-refractivity contribution in [2.75, 3.05) is 19.6 Å². The van der Waals surface area contributed by atoms with Crippen LogP contribution in [0.1, 0.15) is 61.3 Å². The van der Waals surface area contributed by atoms with Gasteiger partial charge in [-0.05, 0) is 62.4 Å². The predicted molar refractivity (Wildman–Crippen MR) is 140 cm³/mol. The molecular weight excluding hydrogens is 432 g/mol. The van der Waals surface area contributed by atoms with E-state index in [1.165, 1.54) is 5.56 Å². The molecule has 1 spiro atoms. The van der Waals surface area contributed by atoms with Gasteiger partial charge in [-0.2, -0.15) is 0 Å². The van der Waals surface area contributed by atoms with Crippen LogP contribution in [0.4, 0.5) is 0 Å². The molecule has 5 rings (SSSR count). The van der Waals surface area contributed by atoms with Gasteiger partial charge in [-0.15, -0.1) is 0 Å². The average molecular weight is 469 g/mol. The molecule has 0 saturated carbocycles. The Bertz CT molecular complexity index is 1040. The summed E-state index contributed by atoms with van der Waals surface area (Å²) in [6, 6.07) is 31.1. The molecule has 2 heterocycles. The quantitative estimate of drug-likeness (QED) is 0.504. The topological polar surface area (TPSA) is 41.6 Å². The van der Waals surface area contributed by atoms with E-state index < -0.39 is 0 Å². The van der Waals surface area contributed by atoms with Crippen LogP contribution in [-0.4, -0.2) is 42.1 Å².